The number of aryl methyl sites for hydroxylation is 1. The Hall–Kier alpha value is -4.96. The Bertz CT molecular complexity index is 1840. The molecule has 0 radical (unpaired) electrons. The number of amides is 1. The summed E-state index contributed by atoms with van der Waals surface area (Å²) in [6, 6.07) is 14.9. The van der Waals surface area contributed by atoms with Gasteiger partial charge in [0.15, 0.2) is 23.9 Å². The van der Waals surface area contributed by atoms with Crippen LogP contribution < -0.4 is 19.8 Å². The van der Waals surface area contributed by atoms with E-state index in [2.05, 4.69) is 20.4 Å². The fourth-order valence-corrected chi connectivity index (χ4v) is 5.52. The lowest BCUT2D eigenvalue weighted by molar-refractivity contribution is -0.137. The van der Waals surface area contributed by atoms with Gasteiger partial charge in [0, 0.05) is 24.2 Å². The van der Waals surface area contributed by atoms with Crippen molar-refractivity contribution in [1.29, 1.82) is 0 Å². The first-order valence-electron chi connectivity index (χ1n) is 15.3. The molecule has 10 nitrogen and oxygen atoms in total. The first-order valence-corrected chi connectivity index (χ1v) is 15.3. The number of allylic oxidation sites excluding steroid dienone is 1. The van der Waals surface area contributed by atoms with E-state index in [1.54, 1.807) is 43.5 Å². The van der Waals surface area contributed by atoms with Crippen LogP contribution in [0.2, 0.25) is 0 Å². The van der Waals surface area contributed by atoms with Gasteiger partial charge in [0.25, 0.3) is 11.5 Å². The lowest BCUT2D eigenvalue weighted by atomic mass is 9.96. The Morgan fingerprint density at radius 1 is 1.09 bits per heavy atom. The zero-order valence-electron chi connectivity index (χ0n) is 27.0. The van der Waals surface area contributed by atoms with Gasteiger partial charge in [-0.3, -0.25) is 9.59 Å². The van der Waals surface area contributed by atoms with Gasteiger partial charge in [0.05, 0.1) is 44.6 Å². The Balaban J connectivity index is 1.57. The number of para-hydroxylation sites is 1. The van der Waals surface area contributed by atoms with Crippen molar-refractivity contribution >= 4 is 23.0 Å². The molecule has 1 aliphatic rings. The molecule has 1 amide bonds. The van der Waals surface area contributed by atoms with E-state index < -0.39 is 0 Å². The maximum absolute atomic E-state index is 13.9. The van der Waals surface area contributed by atoms with Crippen LogP contribution in [0.3, 0.4) is 0 Å². The molecule has 10 heteroatoms. The van der Waals surface area contributed by atoms with Gasteiger partial charge in [-0.25, -0.2) is 4.98 Å². The second kappa shape index (κ2) is 14.4. The number of fused-ring (bicyclic) bond motifs is 1. The number of morpholine rings is 1. The lowest BCUT2D eigenvalue weighted by Gasteiger charge is -2.27. The van der Waals surface area contributed by atoms with Crippen molar-refractivity contribution in [2.75, 3.05) is 47.1 Å². The standard InChI is InChI=1S/C36H40N4O6/c1-7-10-26-18-25(19-32(44-6)34(26)46-22-33(41)39-13-15-45-16-14-39)21-37-40-35(38-30-12-9-8-11-27(30)36(40)42)29-20-28(23(2)3)31(43-5)17-24(29)4/h7-9,11-12,17-21,23H,1,10,13-16,22H2,2-6H3. The minimum Gasteiger partial charge on any atom is -0.496 e. The van der Waals surface area contributed by atoms with Crippen molar-refractivity contribution in [3.8, 4) is 28.6 Å². The summed E-state index contributed by atoms with van der Waals surface area (Å²) >= 11 is 0. The normalized spacial score (nSPS) is 13.4. The fraction of sp³-hybridized carbons (Fsp3) is 0.333. The van der Waals surface area contributed by atoms with Gasteiger partial charge in [0.1, 0.15) is 5.75 Å². The van der Waals surface area contributed by atoms with Gasteiger partial charge in [-0.2, -0.15) is 9.78 Å². The molecule has 0 N–H and O–H groups in total. The number of ether oxygens (including phenoxy) is 4. The van der Waals surface area contributed by atoms with Crippen LogP contribution in [0.25, 0.3) is 22.3 Å². The summed E-state index contributed by atoms with van der Waals surface area (Å²) in [6.45, 7) is 12.0. The molecule has 240 valence electrons. The third-order valence-corrected chi connectivity index (χ3v) is 7.96. The van der Waals surface area contributed by atoms with Gasteiger partial charge >= 0.3 is 0 Å². The van der Waals surface area contributed by atoms with Crippen LogP contribution in [0.1, 0.15) is 42.0 Å². The van der Waals surface area contributed by atoms with E-state index in [0.717, 1.165) is 28.0 Å². The number of nitrogens with zero attached hydrogens (tertiary/aromatic N) is 4. The summed E-state index contributed by atoms with van der Waals surface area (Å²) in [4.78, 5) is 33.3. The highest BCUT2D eigenvalue weighted by Crippen LogP contribution is 2.35. The molecule has 0 atom stereocenters. The molecule has 1 fully saturated rings. The number of aromatic nitrogens is 2. The van der Waals surface area contributed by atoms with E-state index in [4.69, 9.17) is 29.0 Å². The van der Waals surface area contributed by atoms with Gasteiger partial charge < -0.3 is 23.8 Å². The Morgan fingerprint density at radius 3 is 2.52 bits per heavy atom. The quantitative estimate of drug-likeness (QED) is 0.163. The third-order valence-electron chi connectivity index (χ3n) is 7.96. The van der Waals surface area contributed by atoms with E-state index in [0.29, 0.717) is 66.5 Å². The van der Waals surface area contributed by atoms with Crippen molar-refractivity contribution in [2.45, 2.75) is 33.1 Å². The van der Waals surface area contributed by atoms with E-state index >= 15 is 0 Å². The second-order valence-corrected chi connectivity index (χ2v) is 11.4. The van der Waals surface area contributed by atoms with Gasteiger partial charge in [-0.05, 0) is 72.4 Å². The lowest BCUT2D eigenvalue weighted by Crippen LogP contribution is -2.43. The molecule has 0 unspecified atom stereocenters. The zero-order chi connectivity index (χ0) is 32.8. The highest BCUT2D eigenvalue weighted by molar-refractivity contribution is 5.84. The summed E-state index contributed by atoms with van der Waals surface area (Å²) in [6.07, 6.45) is 3.81. The molecule has 0 saturated carbocycles. The van der Waals surface area contributed by atoms with E-state index in [1.165, 1.54) is 4.68 Å². The molecule has 1 saturated heterocycles. The van der Waals surface area contributed by atoms with Gasteiger partial charge in [-0.1, -0.05) is 32.1 Å². The van der Waals surface area contributed by atoms with Crippen molar-refractivity contribution in [3.05, 3.63) is 93.8 Å². The average Bonchev–Trinajstić information content (AvgIpc) is 3.07. The van der Waals surface area contributed by atoms with E-state index in [1.807, 2.05) is 43.3 Å². The van der Waals surface area contributed by atoms with Crippen LogP contribution in [0.5, 0.6) is 17.2 Å². The van der Waals surface area contributed by atoms with Crippen LogP contribution in [0.4, 0.5) is 0 Å². The number of carbonyl (C=O) groups excluding carboxylic acids is 1. The van der Waals surface area contributed by atoms with Crippen LogP contribution >= 0.6 is 0 Å². The summed E-state index contributed by atoms with van der Waals surface area (Å²) < 4.78 is 24.1. The summed E-state index contributed by atoms with van der Waals surface area (Å²) in [5, 5.41) is 5.15. The van der Waals surface area contributed by atoms with Gasteiger partial charge in [-0.15, -0.1) is 6.58 Å². The topological polar surface area (TPSA) is 104 Å². The van der Waals surface area contributed by atoms with E-state index in [-0.39, 0.29) is 24.0 Å². The highest BCUT2D eigenvalue weighted by atomic mass is 16.5. The molecule has 3 aromatic carbocycles. The van der Waals surface area contributed by atoms with Crippen LogP contribution in [-0.2, 0) is 16.0 Å². The fourth-order valence-electron chi connectivity index (χ4n) is 5.52. The summed E-state index contributed by atoms with van der Waals surface area (Å²) in [5.41, 5.74) is 4.40. The molecule has 46 heavy (non-hydrogen) atoms. The number of carbonyl (C=O) groups is 1. The Morgan fingerprint density at radius 2 is 1.83 bits per heavy atom. The molecule has 0 bridgehead atoms. The molecule has 5 rings (SSSR count). The maximum atomic E-state index is 13.9. The first-order chi connectivity index (χ1) is 22.2. The van der Waals surface area contributed by atoms with Crippen molar-refractivity contribution < 1.29 is 23.7 Å². The number of hydrogen-bond acceptors (Lipinski definition) is 8. The van der Waals surface area contributed by atoms with Crippen LogP contribution in [-0.4, -0.2) is 73.8 Å². The monoisotopic (exact) mass is 624 g/mol. The number of rotatable bonds is 11. The molecule has 2 heterocycles. The van der Waals surface area contributed by atoms with Crippen molar-refractivity contribution in [1.82, 2.24) is 14.6 Å². The van der Waals surface area contributed by atoms with Crippen LogP contribution in [0, 0.1) is 6.92 Å². The molecule has 4 aromatic rings. The smallest absolute Gasteiger partial charge is 0.282 e. The molecular formula is C36H40N4O6. The Labute approximate surface area is 268 Å². The average molecular weight is 625 g/mol. The SMILES string of the molecule is C=CCc1cc(C=Nn2c(-c3cc(C(C)C)c(OC)cc3C)nc3ccccc3c2=O)cc(OC)c1OCC(=O)N1CCOCC1. The minimum absolute atomic E-state index is 0.120. The van der Waals surface area contributed by atoms with Gasteiger partial charge in [0.2, 0.25) is 0 Å². The minimum atomic E-state index is -0.293. The molecule has 1 aromatic heterocycles. The van der Waals surface area contributed by atoms with Crippen molar-refractivity contribution in [2.24, 2.45) is 5.10 Å². The zero-order valence-corrected chi connectivity index (χ0v) is 27.0. The third kappa shape index (κ3) is 6.82. The van der Waals surface area contributed by atoms with Crippen molar-refractivity contribution in [3.63, 3.8) is 0 Å². The number of benzene rings is 3. The molecular weight excluding hydrogens is 584 g/mol. The summed E-state index contributed by atoms with van der Waals surface area (Å²) in [7, 11) is 3.20. The Kier molecular flexibility index (Phi) is 10.2. The van der Waals surface area contributed by atoms with Crippen LogP contribution in [0.15, 0.2) is 71.1 Å². The molecule has 0 spiro atoms. The summed E-state index contributed by atoms with van der Waals surface area (Å²) in [5.74, 6) is 2.16. The first kappa shape index (κ1) is 32.4. The number of methoxy groups -OCH3 is 2. The predicted molar refractivity (Wildman–Crippen MR) is 180 cm³/mol. The second-order valence-electron chi connectivity index (χ2n) is 11.4. The molecule has 0 aliphatic carbocycles. The molecule has 1 aliphatic heterocycles. The largest absolute Gasteiger partial charge is 0.496 e. The maximum Gasteiger partial charge on any atom is 0.282 e. The predicted octanol–water partition coefficient (Wildman–Crippen LogP) is 5.36. The van der Waals surface area contributed by atoms with E-state index in [9.17, 15) is 9.59 Å². The highest BCUT2D eigenvalue weighted by Gasteiger charge is 2.21. The number of hydrogen-bond donors (Lipinski definition) is 0.